The van der Waals surface area contributed by atoms with E-state index in [0.29, 0.717) is 23.7 Å². The van der Waals surface area contributed by atoms with E-state index in [1.807, 2.05) is 89.9 Å². The number of thiophene rings is 1. The molecule has 7 heteroatoms. The van der Waals surface area contributed by atoms with Crippen LogP contribution in [0.2, 0.25) is 0 Å². The van der Waals surface area contributed by atoms with Gasteiger partial charge in [0.25, 0.3) is 5.91 Å². The van der Waals surface area contributed by atoms with Gasteiger partial charge in [-0.2, -0.15) is 0 Å². The van der Waals surface area contributed by atoms with Crippen LogP contribution in [0.25, 0.3) is 0 Å². The van der Waals surface area contributed by atoms with Gasteiger partial charge in [-0.05, 0) is 60.0 Å². The maximum absolute atomic E-state index is 14.0. The third-order valence-corrected chi connectivity index (χ3v) is 7.46. The molecule has 3 aromatic rings. The summed E-state index contributed by atoms with van der Waals surface area (Å²) in [7, 11) is 3.99. The normalized spacial score (nSPS) is 15.9. The third kappa shape index (κ3) is 6.33. The Morgan fingerprint density at radius 1 is 1.11 bits per heavy atom. The molecular weight excluding hydrogens is 470 g/mol. The molecular formula is C29H35N3O3S. The van der Waals surface area contributed by atoms with Crippen molar-refractivity contribution in [3.8, 4) is 0 Å². The van der Waals surface area contributed by atoms with E-state index in [9.17, 15) is 9.59 Å². The lowest BCUT2D eigenvalue weighted by Crippen LogP contribution is -2.40. The van der Waals surface area contributed by atoms with Gasteiger partial charge in [0, 0.05) is 45.2 Å². The Hall–Kier alpha value is -3.16. The van der Waals surface area contributed by atoms with Crippen LogP contribution in [0.4, 0.5) is 11.4 Å². The first kappa shape index (κ1) is 25.9. The van der Waals surface area contributed by atoms with E-state index >= 15 is 0 Å². The molecule has 1 fully saturated rings. The molecule has 1 N–H and O–H groups in total. The largest absolute Gasteiger partial charge is 0.377 e. The van der Waals surface area contributed by atoms with Crippen molar-refractivity contribution in [2.24, 2.45) is 0 Å². The zero-order chi connectivity index (χ0) is 25.5. The lowest BCUT2D eigenvalue weighted by atomic mass is 9.94. The molecule has 1 aromatic heterocycles. The fourth-order valence-corrected chi connectivity index (χ4v) is 5.38. The van der Waals surface area contributed by atoms with Crippen LogP contribution in [0, 0.1) is 0 Å². The summed E-state index contributed by atoms with van der Waals surface area (Å²) in [6, 6.07) is 19.6. The first-order chi connectivity index (χ1) is 17.5. The number of rotatable bonds is 10. The van der Waals surface area contributed by atoms with Crippen molar-refractivity contribution in [2.75, 3.05) is 37.5 Å². The number of carbonyl (C=O) groups excluding carboxylic acids is 2. The Balaban J connectivity index is 1.63. The summed E-state index contributed by atoms with van der Waals surface area (Å²) in [6.45, 7) is 3.81. The van der Waals surface area contributed by atoms with Crippen LogP contribution in [0.3, 0.4) is 0 Å². The SMILES string of the molecule is CC[C@@H](C(=O)N(Cc1cc(NC(=O)c2cccs2)ccc1N(C)C)C[C@H]1CCCO1)c1ccccc1. The van der Waals surface area contributed by atoms with Crippen molar-refractivity contribution in [1.82, 2.24) is 4.90 Å². The van der Waals surface area contributed by atoms with Gasteiger partial charge in [-0.1, -0.05) is 43.3 Å². The first-order valence-corrected chi connectivity index (χ1v) is 13.4. The van der Waals surface area contributed by atoms with Gasteiger partial charge in [-0.25, -0.2) is 0 Å². The molecule has 36 heavy (non-hydrogen) atoms. The standard InChI is InChI=1S/C29H35N3O3S/c1-4-25(21-10-6-5-7-11-21)29(34)32(20-24-12-8-16-35-24)19-22-18-23(14-15-26(22)31(2)3)30-28(33)27-13-9-17-36-27/h5-7,9-11,13-15,17-18,24-25H,4,8,12,16,19-20H2,1-3H3,(H,30,33)/t24-,25-/m1/s1. The van der Waals surface area contributed by atoms with Gasteiger partial charge < -0.3 is 19.9 Å². The quantitative estimate of drug-likeness (QED) is 0.380. The molecule has 4 rings (SSSR count). The zero-order valence-electron chi connectivity index (χ0n) is 21.3. The number of ether oxygens (including phenoxy) is 1. The Bertz CT molecular complexity index is 1140. The first-order valence-electron chi connectivity index (χ1n) is 12.6. The van der Waals surface area contributed by atoms with Crippen molar-refractivity contribution in [1.29, 1.82) is 0 Å². The summed E-state index contributed by atoms with van der Waals surface area (Å²) in [5, 5.41) is 4.90. The fourth-order valence-electron chi connectivity index (χ4n) is 4.76. The van der Waals surface area contributed by atoms with Crippen LogP contribution in [0.15, 0.2) is 66.0 Å². The molecule has 2 aromatic carbocycles. The minimum absolute atomic E-state index is 0.0479. The maximum Gasteiger partial charge on any atom is 0.265 e. The molecule has 0 aliphatic carbocycles. The lowest BCUT2D eigenvalue weighted by molar-refractivity contribution is -0.135. The molecule has 0 spiro atoms. The zero-order valence-corrected chi connectivity index (χ0v) is 22.1. The second-order valence-electron chi connectivity index (χ2n) is 9.39. The van der Waals surface area contributed by atoms with Crippen molar-refractivity contribution in [3.05, 3.63) is 82.0 Å². The van der Waals surface area contributed by atoms with Crippen LogP contribution < -0.4 is 10.2 Å². The van der Waals surface area contributed by atoms with E-state index < -0.39 is 0 Å². The third-order valence-electron chi connectivity index (χ3n) is 6.59. The van der Waals surface area contributed by atoms with Gasteiger partial charge in [0.1, 0.15) is 0 Å². The molecule has 0 radical (unpaired) electrons. The van der Waals surface area contributed by atoms with E-state index in [1.165, 1.54) is 11.3 Å². The van der Waals surface area contributed by atoms with E-state index in [1.54, 1.807) is 0 Å². The van der Waals surface area contributed by atoms with Gasteiger partial charge in [0.05, 0.1) is 16.9 Å². The summed E-state index contributed by atoms with van der Waals surface area (Å²) < 4.78 is 5.93. The fraction of sp³-hybridized carbons (Fsp3) is 0.379. The average Bonchev–Trinajstić information content (AvgIpc) is 3.59. The number of benzene rings is 2. The summed E-state index contributed by atoms with van der Waals surface area (Å²) in [5.41, 5.74) is 3.75. The van der Waals surface area contributed by atoms with Gasteiger partial charge >= 0.3 is 0 Å². The minimum Gasteiger partial charge on any atom is -0.377 e. The number of nitrogens with zero attached hydrogens (tertiary/aromatic N) is 2. The van der Waals surface area contributed by atoms with Gasteiger partial charge in [-0.3, -0.25) is 9.59 Å². The van der Waals surface area contributed by atoms with Crippen molar-refractivity contribution in [2.45, 2.75) is 44.8 Å². The highest BCUT2D eigenvalue weighted by Crippen LogP contribution is 2.29. The molecule has 1 aliphatic heterocycles. The predicted octanol–water partition coefficient (Wildman–Crippen LogP) is 5.77. The van der Waals surface area contributed by atoms with Gasteiger partial charge in [-0.15, -0.1) is 11.3 Å². The topological polar surface area (TPSA) is 61.9 Å². The molecule has 0 bridgehead atoms. The van der Waals surface area contributed by atoms with E-state index in [-0.39, 0.29) is 23.8 Å². The van der Waals surface area contributed by atoms with Crippen molar-refractivity contribution < 1.29 is 14.3 Å². The smallest absolute Gasteiger partial charge is 0.265 e. The van der Waals surface area contributed by atoms with Crippen LogP contribution in [0.1, 0.15) is 52.9 Å². The minimum atomic E-state index is -0.211. The molecule has 2 amide bonds. The Morgan fingerprint density at radius 2 is 1.92 bits per heavy atom. The number of nitrogens with one attached hydrogen (secondary N) is 1. The highest BCUT2D eigenvalue weighted by molar-refractivity contribution is 7.12. The van der Waals surface area contributed by atoms with Gasteiger partial charge in [0.15, 0.2) is 0 Å². The Labute approximate surface area is 217 Å². The van der Waals surface area contributed by atoms with Crippen LogP contribution in [-0.4, -0.2) is 50.1 Å². The lowest BCUT2D eigenvalue weighted by Gasteiger charge is -2.31. The second-order valence-corrected chi connectivity index (χ2v) is 10.3. The highest BCUT2D eigenvalue weighted by Gasteiger charge is 2.29. The van der Waals surface area contributed by atoms with Crippen molar-refractivity contribution in [3.63, 3.8) is 0 Å². The number of hydrogen-bond donors (Lipinski definition) is 1. The van der Waals surface area contributed by atoms with Crippen LogP contribution in [-0.2, 0) is 16.1 Å². The monoisotopic (exact) mass is 505 g/mol. The molecule has 6 nitrogen and oxygen atoms in total. The second kappa shape index (κ2) is 12.2. The van der Waals surface area contributed by atoms with Crippen LogP contribution in [0.5, 0.6) is 0 Å². The molecule has 2 atom stereocenters. The maximum atomic E-state index is 14.0. The van der Waals surface area contributed by atoms with Crippen molar-refractivity contribution >= 4 is 34.5 Å². The molecule has 190 valence electrons. The Kier molecular flexibility index (Phi) is 8.78. The van der Waals surface area contributed by atoms with E-state index in [2.05, 4.69) is 12.2 Å². The average molecular weight is 506 g/mol. The molecule has 1 saturated heterocycles. The number of anilines is 2. The molecule has 0 unspecified atom stereocenters. The molecule has 1 aliphatic rings. The summed E-state index contributed by atoms with van der Waals surface area (Å²) in [6.07, 6.45) is 2.76. The summed E-state index contributed by atoms with van der Waals surface area (Å²) in [5.74, 6) is -0.231. The van der Waals surface area contributed by atoms with E-state index in [0.717, 1.165) is 42.7 Å². The molecule has 0 saturated carbocycles. The van der Waals surface area contributed by atoms with E-state index in [4.69, 9.17) is 4.74 Å². The predicted molar refractivity (Wildman–Crippen MR) is 147 cm³/mol. The molecule has 2 heterocycles. The number of amides is 2. The van der Waals surface area contributed by atoms with Crippen LogP contribution >= 0.6 is 11.3 Å². The Morgan fingerprint density at radius 3 is 2.56 bits per heavy atom. The summed E-state index contributed by atoms with van der Waals surface area (Å²) in [4.78, 5) is 31.3. The van der Waals surface area contributed by atoms with Gasteiger partial charge in [0.2, 0.25) is 5.91 Å². The number of carbonyl (C=O) groups is 2. The number of hydrogen-bond acceptors (Lipinski definition) is 5. The highest BCUT2D eigenvalue weighted by atomic mass is 32.1. The summed E-state index contributed by atoms with van der Waals surface area (Å²) >= 11 is 1.41.